The number of esters is 2. The summed E-state index contributed by atoms with van der Waals surface area (Å²) in [6.45, 7) is 0.239. The van der Waals surface area contributed by atoms with Crippen LogP contribution in [0.2, 0.25) is 0 Å². The van der Waals surface area contributed by atoms with Gasteiger partial charge in [0.25, 0.3) is 11.5 Å². The van der Waals surface area contributed by atoms with Gasteiger partial charge in [-0.05, 0) is 48.4 Å². The Bertz CT molecular complexity index is 1980. The molecule has 6 rings (SSSR count). The molecular formula is C33H29BrF2N4O7. The molecule has 0 unspecified atom stereocenters. The first-order valence-corrected chi connectivity index (χ1v) is 15.6. The normalized spacial score (nSPS) is 16.6. The molecule has 0 radical (unpaired) electrons. The molecule has 0 saturated carbocycles. The van der Waals surface area contributed by atoms with Gasteiger partial charge >= 0.3 is 18.0 Å². The minimum atomic E-state index is -3.50. The number of nitrogens with zero attached hydrogens (tertiary/aromatic N) is 2. The maximum absolute atomic E-state index is 14.7. The minimum absolute atomic E-state index is 0.115. The molecule has 1 atom stereocenters. The maximum Gasteiger partial charge on any atom is 0.407 e. The summed E-state index contributed by atoms with van der Waals surface area (Å²) in [5, 5.41) is 2.86. The van der Waals surface area contributed by atoms with E-state index < -0.39 is 54.5 Å². The van der Waals surface area contributed by atoms with E-state index in [1.807, 2.05) is 29.6 Å². The molecular weight excluding hydrogens is 682 g/mol. The van der Waals surface area contributed by atoms with Gasteiger partial charge in [0.15, 0.2) is 0 Å². The van der Waals surface area contributed by atoms with Crippen LogP contribution < -0.4 is 16.6 Å². The molecule has 11 nitrogen and oxygen atoms in total. The van der Waals surface area contributed by atoms with E-state index in [4.69, 9.17) is 24.9 Å². The van der Waals surface area contributed by atoms with E-state index in [-0.39, 0.29) is 37.3 Å². The number of halogens is 3. The predicted octanol–water partition coefficient (Wildman–Crippen LogP) is 5.32. The molecule has 4 aromatic rings. The minimum Gasteiger partial charge on any atom is -0.457 e. The van der Waals surface area contributed by atoms with Crippen LogP contribution in [0.3, 0.4) is 0 Å². The van der Waals surface area contributed by atoms with Crippen molar-refractivity contribution in [2.75, 3.05) is 12.3 Å². The maximum atomic E-state index is 14.7. The van der Waals surface area contributed by atoms with Gasteiger partial charge in [-0.15, -0.1) is 0 Å². The monoisotopic (exact) mass is 710 g/mol. The Balaban J connectivity index is 1.17. The lowest BCUT2D eigenvalue weighted by atomic mass is 9.85. The number of ether oxygens (including phenoxy) is 3. The Morgan fingerprint density at radius 2 is 1.94 bits per heavy atom. The third-order valence-corrected chi connectivity index (χ3v) is 8.98. The lowest BCUT2D eigenvalue weighted by Crippen LogP contribution is -2.47. The highest BCUT2D eigenvalue weighted by atomic mass is 79.9. The molecule has 2 aromatic heterocycles. The van der Waals surface area contributed by atoms with Gasteiger partial charge in [-0.3, -0.25) is 9.59 Å². The highest BCUT2D eigenvalue weighted by Gasteiger charge is 2.50. The van der Waals surface area contributed by atoms with Crippen LogP contribution >= 0.6 is 15.9 Å². The highest BCUT2D eigenvalue weighted by Crippen LogP contribution is 2.41. The lowest BCUT2D eigenvalue weighted by molar-refractivity contribution is -0.190. The third-order valence-electron chi connectivity index (χ3n) is 8.29. The van der Waals surface area contributed by atoms with Crippen LogP contribution in [0.1, 0.15) is 48.4 Å². The smallest absolute Gasteiger partial charge is 0.407 e. The van der Waals surface area contributed by atoms with Crippen molar-refractivity contribution in [2.24, 2.45) is 0 Å². The number of anilines is 1. The number of fused-ring (bicyclic) bond motifs is 5. The molecule has 2 aromatic carbocycles. The molecule has 1 amide bonds. The van der Waals surface area contributed by atoms with Crippen molar-refractivity contribution in [1.29, 1.82) is 0 Å². The Morgan fingerprint density at radius 1 is 1.17 bits per heavy atom. The first kappa shape index (κ1) is 32.1. The molecule has 244 valence electrons. The lowest BCUT2D eigenvalue weighted by Gasteiger charge is -2.35. The van der Waals surface area contributed by atoms with Gasteiger partial charge in [0.05, 0.1) is 42.0 Å². The van der Waals surface area contributed by atoms with Gasteiger partial charge < -0.3 is 29.8 Å². The fourth-order valence-corrected chi connectivity index (χ4v) is 6.23. The summed E-state index contributed by atoms with van der Waals surface area (Å²) in [6, 6.07) is 15.6. The fraction of sp³-hybridized carbons (Fsp3) is 0.303. The van der Waals surface area contributed by atoms with Gasteiger partial charge in [-0.1, -0.05) is 41.1 Å². The highest BCUT2D eigenvalue weighted by molar-refractivity contribution is 9.10. The number of nitrogens with two attached hydrogens (primary N) is 1. The number of rotatable bonds is 9. The van der Waals surface area contributed by atoms with Crippen molar-refractivity contribution in [3.63, 3.8) is 0 Å². The zero-order chi connectivity index (χ0) is 33.5. The topological polar surface area (TPSA) is 152 Å². The number of alkyl carbamates (subject to hydrolysis) is 1. The largest absolute Gasteiger partial charge is 0.457 e. The van der Waals surface area contributed by atoms with Crippen molar-refractivity contribution in [3.05, 3.63) is 91.7 Å². The van der Waals surface area contributed by atoms with Gasteiger partial charge in [0.2, 0.25) is 5.60 Å². The second-order valence-electron chi connectivity index (χ2n) is 11.4. The van der Waals surface area contributed by atoms with Gasteiger partial charge in [-0.25, -0.2) is 23.4 Å². The van der Waals surface area contributed by atoms with Crippen LogP contribution in [0.25, 0.3) is 22.3 Å². The number of carbonyl (C=O) groups excluding carboxylic acids is 3. The van der Waals surface area contributed by atoms with E-state index in [0.29, 0.717) is 28.2 Å². The predicted molar refractivity (Wildman–Crippen MR) is 169 cm³/mol. The van der Waals surface area contributed by atoms with Crippen LogP contribution in [0.5, 0.6) is 0 Å². The standard InChI is InChI=1S/C33H29BrF2N4O7/c1-2-33(47-27(41)10-11-32(35,36)17-38-31(44)46-15-18-6-8-20(37)9-7-18)23-13-26-28-19(12-21-24(34)4-3-5-25(21)39-28)14-40(26)29(42)22(23)16-45-30(33)43/h3-9,12-13H,2,10-11,14-17,37H2,1H3,(H,38,44)/t33-/m0/s1. The van der Waals surface area contributed by atoms with E-state index in [2.05, 4.69) is 15.9 Å². The molecule has 2 aliphatic heterocycles. The SMILES string of the molecule is CC[C@@]1(OC(=O)CCC(F)(F)CNC(=O)OCc2ccc(N)cc2)C(=O)OCc2c1cc1n(c2=O)Cc2cc3c(Br)cccc3nc2-1. The third kappa shape index (κ3) is 6.16. The molecule has 0 saturated heterocycles. The molecule has 3 N–H and O–H groups in total. The summed E-state index contributed by atoms with van der Waals surface area (Å²) in [4.78, 5) is 56.7. The first-order valence-electron chi connectivity index (χ1n) is 14.8. The molecule has 0 aliphatic carbocycles. The van der Waals surface area contributed by atoms with Crippen molar-refractivity contribution in [3.8, 4) is 11.4 Å². The Labute approximate surface area is 275 Å². The Morgan fingerprint density at radius 3 is 2.68 bits per heavy atom. The molecule has 2 aliphatic rings. The number of nitrogen functional groups attached to an aromatic ring is 1. The van der Waals surface area contributed by atoms with E-state index >= 15 is 0 Å². The van der Waals surface area contributed by atoms with Crippen LogP contribution in [-0.2, 0) is 49.2 Å². The summed E-state index contributed by atoms with van der Waals surface area (Å²) < 4.78 is 47.6. The molecule has 14 heteroatoms. The van der Waals surface area contributed by atoms with Crippen LogP contribution in [-0.4, -0.2) is 40.1 Å². The zero-order valence-corrected chi connectivity index (χ0v) is 26.7. The number of hydrogen-bond donors (Lipinski definition) is 2. The number of aromatic nitrogens is 2. The average Bonchev–Trinajstić information content (AvgIpc) is 3.41. The molecule has 0 fully saturated rings. The second kappa shape index (κ2) is 12.4. The Hall–Kier alpha value is -4.85. The number of carbonyl (C=O) groups is 3. The number of hydrogen-bond acceptors (Lipinski definition) is 9. The summed E-state index contributed by atoms with van der Waals surface area (Å²) >= 11 is 3.53. The molecule has 47 heavy (non-hydrogen) atoms. The summed E-state index contributed by atoms with van der Waals surface area (Å²) in [5.74, 6) is -5.51. The number of amides is 1. The number of nitrogens with one attached hydrogen (secondary N) is 1. The van der Waals surface area contributed by atoms with E-state index in [9.17, 15) is 28.0 Å². The molecule has 0 bridgehead atoms. The molecule has 4 heterocycles. The summed E-state index contributed by atoms with van der Waals surface area (Å²) in [7, 11) is 0. The summed E-state index contributed by atoms with van der Waals surface area (Å²) in [6.07, 6.45) is -2.95. The second-order valence-corrected chi connectivity index (χ2v) is 12.2. The van der Waals surface area contributed by atoms with E-state index in [0.717, 1.165) is 15.4 Å². The number of pyridine rings is 2. The quantitative estimate of drug-likeness (QED) is 0.118. The Kier molecular flexibility index (Phi) is 8.47. The first-order chi connectivity index (χ1) is 22.4. The number of alkyl halides is 2. The van der Waals surface area contributed by atoms with Crippen LogP contribution in [0.4, 0.5) is 19.3 Å². The van der Waals surface area contributed by atoms with Crippen molar-refractivity contribution < 1.29 is 37.4 Å². The average molecular weight is 712 g/mol. The summed E-state index contributed by atoms with van der Waals surface area (Å²) in [5.41, 5.74) is 7.03. The molecule has 0 spiro atoms. The van der Waals surface area contributed by atoms with Crippen molar-refractivity contribution in [1.82, 2.24) is 14.9 Å². The van der Waals surface area contributed by atoms with Gasteiger partial charge in [0.1, 0.15) is 13.2 Å². The van der Waals surface area contributed by atoms with Gasteiger partial charge in [-0.2, -0.15) is 0 Å². The van der Waals surface area contributed by atoms with Crippen molar-refractivity contribution in [2.45, 2.75) is 57.5 Å². The van der Waals surface area contributed by atoms with E-state index in [1.165, 1.54) is 4.57 Å². The number of benzene rings is 2. The van der Waals surface area contributed by atoms with Crippen LogP contribution in [0, 0.1) is 0 Å². The van der Waals surface area contributed by atoms with Crippen molar-refractivity contribution >= 4 is 50.6 Å². The zero-order valence-electron chi connectivity index (χ0n) is 25.1. The van der Waals surface area contributed by atoms with E-state index in [1.54, 1.807) is 37.3 Å². The number of cyclic esters (lactones) is 1. The van der Waals surface area contributed by atoms with Crippen LogP contribution in [0.15, 0.2) is 63.9 Å². The van der Waals surface area contributed by atoms with Gasteiger partial charge in [0, 0.05) is 33.1 Å². The fourth-order valence-electron chi connectivity index (χ4n) is 5.76.